The van der Waals surface area contributed by atoms with Crippen LogP contribution in [0.1, 0.15) is 25.5 Å². The van der Waals surface area contributed by atoms with E-state index >= 15 is 0 Å². The zero-order valence-electron chi connectivity index (χ0n) is 10.3. The number of hydrogen-bond donors (Lipinski definition) is 2. The average molecular weight is 475 g/mol. The quantitative estimate of drug-likeness (QED) is 0.522. The van der Waals surface area contributed by atoms with Crippen LogP contribution in [0.4, 0.5) is 0 Å². The summed E-state index contributed by atoms with van der Waals surface area (Å²) in [6.45, 7) is 3.41. The van der Waals surface area contributed by atoms with Crippen molar-refractivity contribution in [1.29, 1.82) is 0 Å². The zero-order chi connectivity index (χ0) is 14.1. The first-order chi connectivity index (χ1) is 8.21. The van der Waals surface area contributed by atoms with Crippen LogP contribution in [0.5, 0.6) is 5.75 Å². The summed E-state index contributed by atoms with van der Waals surface area (Å²) in [5.74, 6) is -0.274. The van der Waals surface area contributed by atoms with Gasteiger partial charge in [-0.1, -0.05) is 0 Å². The van der Waals surface area contributed by atoms with Crippen LogP contribution in [0.3, 0.4) is 0 Å². The summed E-state index contributed by atoms with van der Waals surface area (Å²) < 4.78 is 6.43. The van der Waals surface area contributed by atoms with Gasteiger partial charge in [-0.25, -0.2) is 0 Å². The monoisotopic (exact) mass is 475 g/mol. The van der Waals surface area contributed by atoms with Crippen LogP contribution in [0.25, 0.3) is 0 Å². The van der Waals surface area contributed by atoms with E-state index in [9.17, 15) is 9.90 Å². The molecule has 1 rings (SSSR count). The molecule has 0 aliphatic carbocycles. The van der Waals surface area contributed by atoms with Crippen molar-refractivity contribution in [2.24, 2.45) is 11.1 Å². The van der Waals surface area contributed by atoms with Crippen LogP contribution >= 0.6 is 45.2 Å². The number of ether oxygens (including phenoxy) is 1. The van der Waals surface area contributed by atoms with Crippen molar-refractivity contribution in [3.05, 3.63) is 24.8 Å². The number of methoxy groups -OCH3 is 1. The predicted octanol–water partition coefficient (Wildman–Crippen LogP) is 2.80. The molecule has 0 fully saturated rings. The molecule has 3 N–H and O–H groups in total. The lowest BCUT2D eigenvalue weighted by Gasteiger charge is -2.29. The highest BCUT2D eigenvalue weighted by Crippen LogP contribution is 2.39. The average Bonchev–Trinajstić information content (AvgIpc) is 2.31. The van der Waals surface area contributed by atoms with E-state index in [0.29, 0.717) is 9.13 Å². The standard InChI is InChI=1S/C12H15I2NO3/c1-12(2,11(17)18-3)10(15)7-4-6(13)5-8(14)9(7)16/h4-5,10,16H,15H2,1-3H3/t10-/m0/s1. The number of aromatic hydroxyl groups is 1. The maximum atomic E-state index is 11.7. The molecule has 0 heterocycles. The Labute approximate surface area is 134 Å². The Hall–Kier alpha value is -0.0900. The van der Waals surface area contributed by atoms with Crippen molar-refractivity contribution in [3.63, 3.8) is 0 Å². The van der Waals surface area contributed by atoms with Gasteiger partial charge in [-0.05, 0) is 71.2 Å². The Kier molecular flexibility index (Phi) is 5.24. The fourth-order valence-corrected chi connectivity index (χ4v) is 3.49. The molecule has 4 nitrogen and oxygen atoms in total. The minimum absolute atomic E-state index is 0.125. The van der Waals surface area contributed by atoms with Crippen molar-refractivity contribution in [2.75, 3.05) is 7.11 Å². The number of nitrogens with two attached hydrogens (primary N) is 1. The number of rotatable bonds is 3. The van der Waals surface area contributed by atoms with Gasteiger partial charge in [0.15, 0.2) is 0 Å². The summed E-state index contributed by atoms with van der Waals surface area (Å²) in [7, 11) is 1.33. The molecule has 0 aliphatic heterocycles. The number of phenols is 1. The summed E-state index contributed by atoms with van der Waals surface area (Å²) in [4.78, 5) is 11.7. The van der Waals surface area contributed by atoms with Gasteiger partial charge in [-0.3, -0.25) is 4.79 Å². The molecule has 0 spiro atoms. The first-order valence-electron chi connectivity index (χ1n) is 5.23. The molecule has 100 valence electrons. The molecule has 0 amide bonds. The highest BCUT2D eigenvalue weighted by atomic mass is 127. The molecule has 6 heteroatoms. The third-order valence-electron chi connectivity index (χ3n) is 2.88. The van der Waals surface area contributed by atoms with Gasteiger partial charge in [-0.2, -0.15) is 0 Å². The van der Waals surface area contributed by atoms with Gasteiger partial charge in [0, 0.05) is 15.2 Å². The smallest absolute Gasteiger partial charge is 0.313 e. The summed E-state index contributed by atoms with van der Waals surface area (Å²) in [5.41, 5.74) is 5.77. The van der Waals surface area contributed by atoms with Gasteiger partial charge >= 0.3 is 5.97 Å². The highest BCUT2D eigenvalue weighted by molar-refractivity contribution is 14.1. The van der Waals surface area contributed by atoms with E-state index in [-0.39, 0.29) is 5.75 Å². The van der Waals surface area contributed by atoms with Crippen molar-refractivity contribution in [3.8, 4) is 5.75 Å². The Morgan fingerprint density at radius 1 is 1.44 bits per heavy atom. The van der Waals surface area contributed by atoms with E-state index in [1.807, 2.05) is 28.7 Å². The van der Waals surface area contributed by atoms with E-state index in [1.165, 1.54) is 7.11 Å². The second kappa shape index (κ2) is 5.91. The van der Waals surface area contributed by atoms with Crippen LogP contribution in [-0.4, -0.2) is 18.2 Å². The first-order valence-corrected chi connectivity index (χ1v) is 7.39. The summed E-state index contributed by atoms with van der Waals surface area (Å²) >= 11 is 4.19. The van der Waals surface area contributed by atoms with Crippen LogP contribution in [0.15, 0.2) is 12.1 Å². The van der Waals surface area contributed by atoms with Crippen LogP contribution < -0.4 is 5.73 Å². The third kappa shape index (κ3) is 3.08. The fourth-order valence-electron chi connectivity index (χ4n) is 1.60. The molecule has 0 aromatic heterocycles. The third-order valence-corrected chi connectivity index (χ3v) is 4.33. The molecule has 1 atom stereocenters. The van der Waals surface area contributed by atoms with Crippen molar-refractivity contribution >= 4 is 51.2 Å². The SMILES string of the molecule is COC(=O)C(C)(C)[C@@H](N)c1cc(I)cc(I)c1O. The largest absolute Gasteiger partial charge is 0.506 e. The molecule has 0 saturated heterocycles. The van der Waals surface area contributed by atoms with E-state index in [0.717, 1.165) is 3.57 Å². The number of hydrogen-bond acceptors (Lipinski definition) is 4. The second-order valence-electron chi connectivity index (χ2n) is 4.52. The normalized spacial score (nSPS) is 13.2. The summed E-state index contributed by atoms with van der Waals surface area (Å²) in [6, 6.07) is 3.00. The molecule has 18 heavy (non-hydrogen) atoms. The molecule has 0 saturated carbocycles. The van der Waals surface area contributed by atoms with Gasteiger partial charge in [0.05, 0.1) is 16.1 Å². The van der Waals surface area contributed by atoms with E-state index in [4.69, 9.17) is 10.5 Å². The number of halogens is 2. The molecule has 1 aromatic rings. The maximum absolute atomic E-state index is 11.7. The molecule has 0 radical (unpaired) electrons. The lowest BCUT2D eigenvalue weighted by Crippen LogP contribution is -2.37. The van der Waals surface area contributed by atoms with Crippen molar-refractivity contribution < 1.29 is 14.6 Å². The van der Waals surface area contributed by atoms with Crippen molar-refractivity contribution in [1.82, 2.24) is 0 Å². The number of carbonyl (C=O) groups excluding carboxylic acids is 1. The van der Waals surface area contributed by atoms with Gasteiger partial charge in [0.2, 0.25) is 0 Å². The lowest BCUT2D eigenvalue weighted by atomic mass is 9.81. The maximum Gasteiger partial charge on any atom is 0.313 e. The minimum atomic E-state index is -0.903. The zero-order valence-corrected chi connectivity index (χ0v) is 14.6. The Balaban J connectivity index is 3.26. The summed E-state index contributed by atoms with van der Waals surface area (Å²) in [5, 5.41) is 10.1. The van der Waals surface area contributed by atoms with Gasteiger partial charge in [-0.15, -0.1) is 0 Å². The number of carbonyl (C=O) groups is 1. The first kappa shape index (κ1) is 16.0. The predicted molar refractivity (Wildman–Crippen MR) is 86.3 cm³/mol. The second-order valence-corrected chi connectivity index (χ2v) is 6.92. The lowest BCUT2D eigenvalue weighted by molar-refractivity contribution is -0.152. The van der Waals surface area contributed by atoms with Crippen LogP contribution in [0, 0.1) is 12.6 Å². The Bertz CT molecular complexity index is 475. The Morgan fingerprint density at radius 2 is 2.00 bits per heavy atom. The number of esters is 1. The number of phenolic OH excluding ortho intramolecular Hbond substituents is 1. The molecular weight excluding hydrogens is 460 g/mol. The Morgan fingerprint density at radius 3 is 2.50 bits per heavy atom. The van der Waals surface area contributed by atoms with Crippen molar-refractivity contribution in [2.45, 2.75) is 19.9 Å². The fraction of sp³-hybridized carbons (Fsp3) is 0.417. The van der Waals surface area contributed by atoms with Gasteiger partial charge < -0.3 is 15.6 Å². The molecule has 0 unspecified atom stereocenters. The topological polar surface area (TPSA) is 72.5 Å². The highest BCUT2D eigenvalue weighted by Gasteiger charge is 2.38. The van der Waals surface area contributed by atoms with Gasteiger partial charge in [0.25, 0.3) is 0 Å². The molecular formula is C12H15I2NO3. The van der Waals surface area contributed by atoms with E-state index in [1.54, 1.807) is 19.9 Å². The minimum Gasteiger partial charge on any atom is -0.506 e. The van der Waals surface area contributed by atoms with Crippen LogP contribution in [0.2, 0.25) is 0 Å². The van der Waals surface area contributed by atoms with E-state index in [2.05, 4.69) is 22.6 Å². The summed E-state index contributed by atoms with van der Waals surface area (Å²) in [6.07, 6.45) is 0. The van der Waals surface area contributed by atoms with Gasteiger partial charge in [0.1, 0.15) is 5.75 Å². The molecule has 0 aliphatic rings. The molecule has 1 aromatic carbocycles. The van der Waals surface area contributed by atoms with Crippen LogP contribution in [-0.2, 0) is 9.53 Å². The van der Waals surface area contributed by atoms with E-state index < -0.39 is 17.4 Å². The number of benzene rings is 1. The molecule has 0 bridgehead atoms.